The van der Waals surface area contributed by atoms with E-state index in [0.717, 1.165) is 11.3 Å². The molecule has 1 rings (SSSR count). The lowest BCUT2D eigenvalue weighted by Gasteiger charge is -2.26. The van der Waals surface area contributed by atoms with Crippen LogP contribution in [0, 0.1) is 0 Å². The molecule has 3 heteroatoms. The van der Waals surface area contributed by atoms with Crippen LogP contribution in [0.5, 0.6) is 0 Å². The maximum absolute atomic E-state index is 11.1. The molecular formula is C13H19NO2. The summed E-state index contributed by atoms with van der Waals surface area (Å²) in [7, 11) is 1.68. The van der Waals surface area contributed by atoms with E-state index in [1.54, 1.807) is 14.0 Å². The molecule has 16 heavy (non-hydrogen) atoms. The lowest BCUT2D eigenvalue weighted by atomic mass is 10.1. The van der Waals surface area contributed by atoms with Crippen molar-refractivity contribution in [3.8, 4) is 0 Å². The summed E-state index contributed by atoms with van der Waals surface area (Å²) in [5, 5.41) is 3.35. The number of hydrogen-bond acceptors (Lipinski definition) is 3. The highest BCUT2D eigenvalue weighted by atomic mass is 16.5. The Labute approximate surface area is 96.8 Å². The van der Waals surface area contributed by atoms with Crippen molar-refractivity contribution in [3.05, 3.63) is 29.8 Å². The van der Waals surface area contributed by atoms with Crippen LogP contribution in [-0.4, -0.2) is 25.0 Å². The lowest BCUT2D eigenvalue weighted by molar-refractivity contribution is 0.101. The Morgan fingerprint density at radius 1 is 1.31 bits per heavy atom. The smallest absolute Gasteiger partial charge is 0.159 e. The Morgan fingerprint density at radius 3 is 2.31 bits per heavy atom. The van der Waals surface area contributed by atoms with Gasteiger partial charge in [0.25, 0.3) is 0 Å². The van der Waals surface area contributed by atoms with E-state index in [4.69, 9.17) is 4.74 Å². The molecule has 3 nitrogen and oxygen atoms in total. The zero-order valence-corrected chi connectivity index (χ0v) is 10.3. The van der Waals surface area contributed by atoms with Gasteiger partial charge in [-0.15, -0.1) is 0 Å². The van der Waals surface area contributed by atoms with Gasteiger partial charge < -0.3 is 10.1 Å². The number of anilines is 1. The molecule has 0 bridgehead atoms. The van der Waals surface area contributed by atoms with Gasteiger partial charge in [0.15, 0.2) is 5.78 Å². The van der Waals surface area contributed by atoms with Crippen LogP contribution in [0.3, 0.4) is 0 Å². The largest absolute Gasteiger partial charge is 0.382 e. The molecule has 88 valence electrons. The fourth-order valence-corrected chi connectivity index (χ4v) is 1.58. The van der Waals surface area contributed by atoms with Crippen LogP contribution in [0.25, 0.3) is 0 Å². The van der Waals surface area contributed by atoms with Gasteiger partial charge in [0.1, 0.15) is 0 Å². The van der Waals surface area contributed by atoms with Crippen LogP contribution in [0.4, 0.5) is 5.69 Å². The van der Waals surface area contributed by atoms with Crippen LogP contribution in [0.15, 0.2) is 24.3 Å². The Balaban J connectivity index is 2.72. The first-order valence-corrected chi connectivity index (χ1v) is 5.33. The monoisotopic (exact) mass is 221 g/mol. The first kappa shape index (κ1) is 12.7. The van der Waals surface area contributed by atoms with Crippen LogP contribution in [-0.2, 0) is 4.74 Å². The number of carbonyl (C=O) groups excluding carboxylic acids is 1. The van der Waals surface area contributed by atoms with Gasteiger partial charge in [0.2, 0.25) is 0 Å². The Morgan fingerprint density at radius 2 is 1.88 bits per heavy atom. The minimum absolute atomic E-state index is 0.0858. The first-order chi connectivity index (χ1) is 7.44. The summed E-state index contributed by atoms with van der Waals surface area (Å²) in [6.07, 6.45) is 0. The number of methoxy groups -OCH3 is 1. The molecular weight excluding hydrogens is 202 g/mol. The average Bonchev–Trinajstić information content (AvgIpc) is 2.17. The highest BCUT2D eigenvalue weighted by Crippen LogP contribution is 2.16. The number of nitrogens with one attached hydrogen (secondary N) is 1. The molecule has 0 aliphatic rings. The molecule has 0 unspecified atom stereocenters. The summed E-state index contributed by atoms with van der Waals surface area (Å²) in [6.45, 7) is 6.32. The number of ketones is 1. The summed E-state index contributed by atoms with van der Waals surface area (Å²) in [6, 6.07) is 7.48. The molecule has 0 aliphatic carbocycles. The van der Waals surface area contributed by atoms with Crippen LogP contribution in [0.1, 0.15) is 31.1 Å². The topological polar surface area (TPSA) is 38.3 Å². The third kappa shape index (κ3) is 3.66. The van der Waals surface area contributed by atoms with E-state index in [0.29, 0.717) is 6.61 Å². The van der Waals surface area contributed by atoms with Gasteiger partial charge >= 0.3 is 0 Å². The SMILES string of the molecule is COCC(C)(C)Nc1ccc(C(C)=O)cc1. The second-order valence-electron chi connectivity index (χ2n) is 4.58. The predicted molar refractivity (Wildman–Crippen MR) is 66.0 cm³/mol. The van der Waals surface area contributed by atoms with E-state index < -0.39 is 0 Å². The van der Waals surface area contributed by atoms with Crippen LogP contribution in [0.2, 0.25) is 0 Å². The third-order valence-electron chi connectivity index (χ3n) is 2.28. The van der Waals surface area contributed by atoms with Crippen LogP contribution >= 0.6 is 0 Å². The van der Waals surface area contributed by atoms with Crippen molar-refractivity contribution in [1.82, 2.24) is 0 Å². The third-order valence-corrected chi connectivity index (χ3v) is 2.28. The van der Waals surface area contributed by atoms with E-state index in [-0.39, 0.29) is 11.3 Å². The fraction of sp³-hybridized carbons (Fsp3) is 0.462. The van der Waals surface area contributed by atoms with Crippen molar-refractivity contribution in [1.29, 1.82) is 0 Å². The second kappa shape index (κ2) is 5.12. The Kier molecular flexibility index (Phi) is 4.07. The molecule has 0 aliphatic heterocycles. The molecule has 1 N–H and O–H groups in total. The van der Waals surface area contributed by atoms with Gasteiger partial charge in [0.05, 0.1) is 12.1 Å². The van der Waals surface area contributed by atoms with Gasteiger partial charge in [-0.05, 0) is 45.0 Å². The van der Waals surface area contributed by atoms with E-state index in [2.05, 4.69) is 19.2 Å². The standard InChI is InChI=1S/C13H19NO2/c1-10(15)11-5-7-12(8-6-11)14-13(2,3)9-16-4/h5-8,14H,9H2,1-4H3. The highest BCUT2D eigenvalue weighted by Gasteiger charge is 2.16. The number of hydrogen-bond donors (Lipinski definition) is 1. The fourth-order valence-electron chi connectivity index (χ4n) is 1.58. The van der Waals surface area contributed by atoms with E-state index >= 15 is 0 Å². The molecule has 0 spiro atoms. The van der Waals surface area contributed by atoms with Gasteiger partial charge in [-0.2, -0.15) is 0 Å². The normalized spacial score (nSPS) is 11.2. The predicted octanol–water partition coefficient (Wildman–Crippen LogP) is 2.73. The Bertz CT molecular complexity index is 355. The van der Waals surface area contributed by atoms with Crippen molar-refractivity contribution >= 4 is 11.5 Å². The summed E-state index contributed by atoms with van der Waals surface area (Å²) in [4.78, 5) is 11.1. The van der Waals surface area contributed by atoms with Gasteiger partial charge in [-0.1, -0.05) is 0 Å². The first-order valence-electron chi connectivity index (χ1n) is 5.33. The second-order valence-corrected chi connectivity index (χ2v) is 4.58. The average molecular weight is 221 g/mol. The molecule has 0 fully saturated rings. The number of benzene rings is 1. The zero-order valence-electron chi connectivity index (χ0n) is 10.3. The van der Waals surface area contributed by atoms with Gasteiger partial charge in [0, 0.05) is 18.4 Å². The maximum Gasteiger partial charge on any atom is 0.159 e. The molecule has 0 saturated heterocycles. The minimum atomic E-state index is -0.119. The molecule has 0 amide bonds. The molecule has 0 saturated carbocycles. The number of ether oxygens (including phenoxy) is 1. The van der Waals surface area contributed by atoms with E-state index in [1.807, 2.05) is 24.3 Å². The lowest BCUT2D eigenvalue weighted by Crippen LogP contribution is -2.35. The number of rotatable bonds is 5. The van der Waals surface area contributed by atoms with Crippen molar-refractivity contribution in [2.45, 2.75) is 26.3 Å². The Hall–Kier alpha value is -1.35. The molecule has 1 aromatic rings. The summed E-state index contributed by atoms with van der Waals surface area (Å²) in [5.41, 5.74) is 1.61. The molecule has 0 aromatic heterocycles. The van der Waals surface area contributed by atoms with Gasteiger partial charge in [-0.3, -0.25) is 4.79 Å². The molecule has 0 radical (unpaired) electrons. The minimum Gasteiger partial charge on any atom is -0.382 e. The van der Waals surface area contributed by atoms with Crippen molar-refractivity contribution < 1.29 is 9.53 Å². The van der Waals surface area contributed by atoms with Crippen molar-refractivity contribution in [3.63, 3.8) is 0 Å². The molecule has 1 aromatic carbocycles. The maximum atomic E-state index is 11.1. The van der Waals surface area contributed by atoms with Crippen LogP contribution < -0.4 is 5.32 Å². The van der Waals surface area contributed by atoms with Crippen molar-refractivity contribution in [2.24, 2.45) is 0 Å². The van der Waals surface area contributed by atoms with E-state index in [9.17, 15) is 4.79 Å². The zero-order chi connectivity index (χ0) is 12.2. The van der Waals surface area contributed by atoms with Gasteiger partial charge in [-0.25, -0.2) is 0 Å². The molecule has 0 atom stereocenters. The van der Waals surface area contributed by atoms with Crippen molar-refractivity contribution in [2.75, 3.05) is 19.0 Å². The highest BCUT2D eigenvalue weighted by molar-refractivity contribution is 5.94. The quantitative estimate of drug-likeness (QED) is 0.777. The molecule has 0 heterocycles. The summed E-state index contributed by atoms with van der Waals surface area (Å²) in [5.74, 6) is 0.0858. The number of carbonyl (C=O) groups is 1. The van der Waals surface area contributed by atoms with E-state index in [1.165, 1.54) is 0 Å². The summed E-state index contributed by atoms with van der Waals surface area (Å²) >= 11 is 0. The number of Topliss-reactive ketones (excluding diaryl/α,β-unsaturated/α-hetero) is 1. The summed E-state index contributed by atoms with van der Waals surface area (Å²) < 4.78 is 5.12.